The van der Waals surface area contributed by atoms with E-state index < -0.39 is 12.4 Å². The molecule has 0 aliphatic rings. The number of hydrogen-bond donors (Lipinski definition) is 2. The first-order valence-electron chi connectivity index (χ1n) is 6.11. The molecule has 0 unspecified atom stereocenters. The lowest BCUT2D eigenvalue weighted by Gasteiger charge is -2.09. The number of anilines is 1. The second-order valence-corrected chi connectivity index (χ2v) is 4.80. The van der Waals surface area contributed by atoms with Crippen LogP contribution in [0.3, 0.4) is 0 Å². The minimum atomic E-state index is -2.48. The summed E-state index contributed by atoms with van der Waals surface area (Å²) in [5.41, 5.74) is 1.38. The maximum Gasteiger partial charge on any atom is 0.337 e. The third kappa shape index (κ3) is 3.92. The molecule has 110 valence electrons. The van der Waals surface area contributed by atoms with E-state index >= 15 is 0 Å². The predicted molar refractivity (Wildman–Crippen MR) is 77.1 cm³/mol. The lowest BCUT2D eigenvalue weighted by atomic mass is 10.1. The van der Waals surface area contributed by atoms with Gasteiger partial charge in [0.15, 0.2) is 0 Å². The van der Waals surface area contributed by atoms with Crippen LogP contribution in [-0.4, -0.2) is 11.1 Å². The molecule has 0 bridgehead atoms. The zero-order chi connectivity index (χ0) is 15.4. The molecule has 0 aromatic heterocycles. The highest BCUT2D eigenvalue weighted by molar-refractivity contribution is 6.33. The average Bonchev–Trinajstić information content (AvgIpc) is 2.46. The highest BCUT2D eigenvalue weighted by atomic mass is 35.5. The Balaban J connectivity index is 2.06. The second kappa shape index (κ2) is 6.54. The number of halogens is 3. The van der Waals surface area contributed by atoms with Gasteiger partial charge < -0.3 is 10.4 Å². The fraction of sp³-hybridized carbons (Fsp3) is 0.133. The van der Waals surface area contributed by atoms with Crippen molar-refractivity contribution >= 4 is 23.3 Å². The van der Waals surface area contributed by atoms with E-state index in [-0.39, 0.29) is 16.1 Å². The molecule has 2 N–H and O–H groups in total. The van der Waals surface area contributed by atoms with E-state index in [9.17, 15) is 13.6 Å². The molecule has 0 saturated heterocycles. The summed E-state index contributed by atoms with van der Waals surface area (Å²) < 4.78 is 24.8. The molecule has 0 radical (unpaired) electrons. The largest absolute Gasteiger partial charge is 0.478 e. The van der Waals surface area contributed by atoms with Crippen LogP contribution in [0.15, 0.2) is 42.5 Å². The number of hydrogen-bond acceptors (Lipinski definition) is 2. The van der Waals surface area contributed by atoms with Crippen molar-refractivity contribution in [1.82, 2.24) is 0 Å². The van der Waals surface area contributed by atoms with E-state index in [0.717, 1.165) is 5.56 Å². The van der Waals surface area contributed by atoms with Gasteiger partial charge in [0.1, 0.15) is 0 Å². The van der Waals surface area contributed by atoms with Crippen LogP contribution >= 0.6 is 11.6 Å². The van der Waals surface area contributed by atoms with Gasteiger partial charge in [0.05, 0.1) is 10.6 Å². The molecule has 6 heteroatoms. The maximum absolute atomic E-state index is 12.4. The molecule has 2 aromatic carbocycles. The molecule has 0 fully saturated rings. The lowest BCUT2D eigenvalue weighted by molar-refractivity contribution is 0.0697. The molecule has 0 heterocycles. The van der Waals surface area contributed by atoms with Crippen LogP contribution in [0, 0.1) is 0 Å². The summed E-state index contributed by atoms with van der Waals surface area (Å²) >= 11 is 5.78. The molecular weight excluding hydrogens is 300 g/mol. The van der Waals surface area contributed by atoms with Gasteiger partial charge >= 0.3 is 5.97 Å². The standard InChI is InChI=1S/C15H12ClF2NO2/c16-13-6-5-11(7-12(13)15(20)21)19-8-9-1-3-10(4-2-9)14(17)18/h1-7,14,19H,8H2,(H,20,21). The van der Waals surface area contributed by atoms with Crippen LogP contribution < -0.4 is 5.32 Å². The molecule has 2 rings (SSSR count). The molecule has 21 heavy (non-hydrogen) atoms. The van der Waals surface area contributed by atoms with Crippen molar-refractivity contribution in [2.45, 2.75) is 13.0 Å². The first-order chi connectivity index (χ1) is 9.97. The van der Waals surface area contributed by atoms with E-state index in [4.69, 9.17) is 16.7 Å². The van der Waals surface area contributed by atoms with Gasteiger partial charge in [-0.15, -0.1) is 0 Å². The van der Waals surface area contributed by atoms with Crippen molar-refractivity contribution in [3.05, 3.63) is 64.2 Å². The van der Waals surface area contributed by atoms with Crippen molar-refractivity contribution in [3.8, 4) is 0 Å². The number of carboxylic acid groups (broad SMARTS) is 1. The smallest absolute Gasteiger partial charge is 0.337 e. The summed E-state index contributed by atoms with van der Waals surface area (Å²) in [6.07, 6.45) is -2.48. The minimum absolute atomic E-state index is 0.00900. The van der Waals surface area contributed by atoms with Crippen LogP contribution in [0.2, 0.25) is 5.02 Å². The molecule has 0 spiro atoms. The molecule has 0 aliphatic carbocycles. The van der Waals surface area contributed by atoms with E-state index in [0.29, 0.717) is 12.2 Å². The molecule has 0 aliphatic heterocycles. The van der Waals surface area contributed by atoms with Crippen LogP contribution in [-0.2, 0) is 6.54 Å². The first kappa shape index (κ1) is 15.3. The third-order valence-corrected chi connectivity index (χ3v) is 3.25. The lowest BCUT2D eigenvalue weighted by Crippen LogP contribution is -2.03. The second-order valence-electron chi connectivity index (χ2n) is 4.40. The molecule has 0 atom stereocenters. The van der Waals surface area contributed by atoms with Gasteiger partial charge in [0.2, 0.25) is 0 Å². The Labute approximate surface area is 125 Å². The van der Waals surface area contributed by atoms with Crippen LogP contribution in [0.25, 0.3) is 0 Å². The Morgan fingerprint density at radius 2 is 1.86 bits per heavy atom. The topological polar surface area (TPSA) is 49.3 Å². The Kier molecular flexibility index (Phi) is 4.75. The Morgan fingerprint density at radius 3 is 2.43 bits per heavy atom. The highest BCUT2D eigenvalue weighted by Crippen LogP contribution is 2.22. The molecule has 0 saturated carbocycles. The summed E-state index contributed by atoms with van der Waals surface area (Å²) in [7, 11) is 0. The number of nitrogens with one attached hydrogen (secondary N) is 1. The van der Waals surface area contributed by atoms with Gasteiger partial charge in [-0.3, -0.25) is 0 Å². The van der Waals surface area contributed by atoms with Crippen molar-refractivity contribution in [2.75, 3.05) is 5.32 Å². The fourth-order valence-corrected chi connectivity index (χ4v) is 1.98. The quantitative estimate of drug-likeness (QED) is 0.849. The first-order valence-corrected chi connectivity index (χ1v) is 6.49. The summed E-state index contributed by atoms with van der Waals surface area (Å²) in [4.78, 5) is 11.0. The summed E-state index contributed by atoms with van der Waals surface area (Å²) in [5.74, 6) is -1.11. The van der Waals surface area contributed by atoms with Crippen molar-refractivity contribution < 1.29 is 18.7 Å². The van der Waals surface area contributed by atoms with Gasteiger partial charge in [-0.1, -0.05) is 35.9 Å². The number of carboxylic acids is 1. The number of alkyl halides is 2. The van der Waals surface area contributed by atoms with E-state index in [1.165, 1.54) is 24.3 Å². The minimum Gasteiger partial charge on any atom is -0.478 e. The van der Waals surface area contributed by atoms with Crippen LogP contribution in [0.4, 0.5) is 14.5 Å². The van der Waals surface area contributed by atoms with Gasteiger partial charge in [-0.25, -0.2) is 13.6 Å². The van der Waals surface area contributed by atoms with Gasteiger partial charge in [0.25, 0.3) is 6.43 Å². The van der Waals surface area contributed by atoms with Gasteiger partial charge in [-0.05, 0) is 23.8 Å². The normalized spacial score (nSPS) is 10.7. The van der Waals surface area contributed by atoms with Crippen LogP contribution in [0.5, 0.6) is 0 Å². The van der Waals surface area contributed by atoms with Crippen molar-refractivity contribution in [1.29, 1.82) is 0 Å². The summed E-state index contributed by atoms with van der Waals surface area (Å²) in [5, 5.41) is 12.2. The molecular formula is C15H12ClF2NO2. The average molecular weight is 312 g/mol. The number of rotatable bonds is 5. The Bertz CT molecular complexity index is 645. The Morgan fingerprint density at radius 1 is 1.19 bits per heavy atom. The van der Waals surface area contributed by atoms with Crippen molar-refractivity contribution in [2.24, 2.45) is 0 Å². The predicted octanol–water partition coefficient (Wildman–Crippen LogP) is 4.59. The maximum atomic E-state index is 12.4. The van der Waals surface area contributed by atoms with Crippen molar-refractivity contribution in [3.63, 3.8) is 0 Å². The fourth-order valence-electron chi connectivity index (χ4n) is 1.78. The third-order valence-electron chi connectivity index (χ3n) is 2.93. The number of carbonyl (C=O) groups is 1. The molecule has 0 amide bonds. The monoisotopic (exact) mass is 311 g/mol. The summed E-state index contributed by atoms with van der Waals surface area (Å²) in [6, 6.07) is 10.5. The number of benzene rings is 2. The molecule has 3 nitrogen and oxygen atoms in total. The SMILES string of the molecule is O=C(O)c1cc(NCc2ccc(C(F)F)cc2)ccc1Cl. The van der Waals surface area contributed by atoms with Crippen LogP contribution in [0.1, 0.15) is 27.9 Å². The van der Waals surface area contributed by atoms with E-state index in [1.54, 1.807) is 18.2 Å². The van der Waals surface area contributed by atoms with Gasteiger partial charge in [0, 0.05) is 17.8 Å². The number of aromatic carboxylic acids is 1. The Hall–Kier alpha value is -2.14. The highest BCUT2D eigenvalue weighted by Gasteiger charge is 2.09. The zero-order valence-corrected chi connectivity index (χ0v) is 11.6. The van der Waals surface area contributed by atoms with E-state index in [1.807, 2.05) is 0 Å². The zero-order valence-electron chi connectivity index (χ0n) is 10.8. The molecule has 2 aromatic rings. The summed E-state index contributed by atoms with van der Waals surface area (Å²) in [6.45, 7) is 0.393. The van der Waals surface area contributed by atoms with E-state index in [2.05, 4.69) is 5.32 Å². The van der Waals surface area contributed by atoms with Gasteiger partial charge in [-0.2, -0.15) is 0 Å².